The Morgan fingerprint density at radius 2 is 2.27 bits per heavy atom. The van der Waals surface area contributed by atoms with Crippen LogP contribution in [-0.4, -0.2) is 16.1 Å². The largest absolute Gasteiger partial charge is 0.481 e. The molecular formula is C8H7F2IN2O2. The van der Waals surface area contributed by atoms with Crippen LogP contribution in [0.3, 0.4) is 0 Å². The normalized spacial score (nSPS) is 10.7. The summed E-state index contributed by atoms with van der Waals surface area (Å²) in [7, 11) is 0. The number of carboxylic acid groups (broad SMARTS) is 1. The Labute approximate surface area is 97.6 Å². The van der Waals surface area contributed by atoms with Gasteiger partial charge in [0.1, 0.15) is 9.52 Å². The number of anilines is 1. The summed E-state index contributed by atoms with van der Waals surface area (Å²) >= 11 is 1.69. The summed E-state index contributed by atoms with van der Waals surface area (Å²) < 4.78 is 25.3. The van der Waals surface area contributed by atoms with Gasteiger partial charge in [-0.15, -0.1) is 0 Å². The van der Waals surface area contributed by atoms with E-state index in [0.29, 0.717) is 0 Å². The highest BCUT2D eigenvalue weighted by atomic mass is 127. The van der Waals surface area contributed by atoms with Crippen molar-refractivity contribution in [3.05, 3.63) is 20.9 Å². The Hall–Kier alpha value is -0.990. The Balaban J connectivity index is 3.26. The van der Waals surface area contributed by atoms with Gasteiger partial charge in [-0.05, 0) is 28.7 Å². The van der Waals surface area contributed by atoms with Gasteiger partial charge in [0, 0.05) is 11.1 Å². The van der Waals surface area contributed by atoms with E-state index in [1.807, 2.05) is 0 Å². The molecule has 0 amide bonds. The summed E-state index contributed by atoms with van der Waals surface area (Å²) in [5, 5.41) is 8.56. The zero-order chi connectivity index (χ0) is 11.6. The number of pyridine rings is 1. The number of aromatic nitrogens is 1. The van der Waals surface area contributed by atoms with E-state index in [1.165, 1.54) is 0 Å². The molecule has 15 heavy (non-hydrogen) atoms. The number of hydrogen-bond donors (Lipinski definition) is 2. The van der Waals surface area contributed by atoms with Crippen LogP contribution in [0.5, 0.6) is 0 Å². The SMILES string of the molecule is Nc1cc(C(F)F)c(CC(=O)O)c(I)n1. The van der Waals surface area contributed by atoms with E-state index in [4.69, 9.17) is 10.8 Å². The van der Waals surface area contributed by atoms with Crippen molar-refractivity contribution >= 4 is 34.4 Å². The second-order valence-electron chi connectivity index (χ2n) is 2.78. The minimum absolute atomic E-state index is 0.0206. The van der Waals surface area contributed by atoms with E-state index in [2.05, 4.69) is 4.98 Å². The fraction of sp³-hybridized carbons (Fsp3) is 0.250. The van der Waals surface area contributed by atoms with Crippen LogP contribution in [0.2, 0.25) is 0 Å². The lowest BCUT2D eigenvalue weighted by Gasteiger charge is -2.09. The quantitative estimate of drug-likeness (QED) is 0.656. The second-order valence-corrected chi connectivity index (χ2v) is 3.80. The summed E-state index contributed by atoms with van der Waals surface area (Å²) in [4.78, 5) is 14.2. The molecule has 0 aliphatic heterocycles. The molecule has 0 unspecified atom stereocenters. The monoisotopic (exact) mass is 328 g/mol. The number of nitrogens with zero attached hydrogens (tertiary/aromatic N) is 1. The van der Waals surface area contributed by atoms with Gasteiger partial charge in [-0.1, -0.05) is 0 Å². The summed E-state index contributed by atoms with van der Waals surface area (Å²) in [6.45, 7) is 0. The van der Waals surface area contributed by atoms with E-state index in [0.717, 1.165) is 6.07 Å². The number of carbonyl (C=O) groups is 1. The van der Waals surface area contributed by atoms with E-state index in [1.54, 1.807) is 22.6 Å². The fourth-order valence-corrected chi connectivity index (χ4v) is 1.88. The third kappa shape index (κ3) is 2.98. The molecule has 0 fully saturated rings. The number of carboxylic acids is 1. The summed E-state index contributed by atoms with van der Waals surface area (Å²) in [6.07, 6.45) is -3.23. The first-order valence-corrected chi connectivity index (χ1v) is 4.94. The van der Waals surface area contributed by atoms with Crippen LogP contribution < -0.4 is 5.73 Å². The first-order chi connectivity index (χ1) is 6.91. The lowest BCUT2D eigenvalue weighted by atomic mass is 10.1. The maximum atomic E-state index is 12.6. The predicted molar refractivity (Wildman–Crippen MR) is 57.7 cm³/mol. The van der Waals surface area contributed by atoms with E-state index in [9.17, 15) is 13.6 Å². The van der Waals surface area contributed by atoms with Crippen LogP contribution in [0.25, 0.3) is 0 Å². The molecule has 0 bridgehead atoms. The standard InChI is InChI=1S/C8H7F2IN2O2/c9-7(10)3-1-5(12)13-8(11)4(3)2-6(14)15/h1,7H,2H2,(H2,12,13)(H,14,15). The van der Waals surface area contributed by atoms with Crippen LogP contribution in [0.4, 0.5) is 14.6 Å². The van der Waals surface area contributed by atoms with Crippen molar-refractivity contribution in [1.29, 1.82) is 0 Å². The highest BCUT2D eigenvalue weighted by molar-refractivity contribution is 14.1. The lowest BCUT2D eigenvalue weighted by Crippen LogP contribution is -2.09. The van der Waals surface area contributed by atoms with Crippen molar-refractivity contribution in [2.24, 2.45) is 0 Å². The van der Waals surface area contributed by atoms with Crippen LogP contribution in [0.1, 0.15) is 17.6 Å². The van der Waals surface area contributed by atoms with Gasteiger partial charge in [-0.2, -0.15) is 0 Å². The molecule has 1 aromatic rings. The molecular weight excluding hydrogens is 321 g/mol. The number of halogens is 3. The minimum atomic E-state index is -2.75. The van der Waals surface area contributed by atoms with E-state index in [-0.39, 0.29) is 20.6 Å². The molecule has 0 spiro atoms. The average molecular weight is 328 g/mol. The van der Waals surface area contributed by atoms with E-state index >= 15 is 0 Å². The molecule has 1 rings (SSSR count). The smallest absolute Gasteiger partial charge is 0.307 e. The average Bonchev–Trinajstić information content (AvgIpc) is 2.08. The Bertz CT molecular complexity index is 398. The summed E-state index contributed by atoms with van der Waals surface area (Å²) in [6, 6.07) is 1.01. The van der Waals surface area contributed by atoms with Crippen LogP contribution in [0, 0.1) is 3.70 Å². The molecule has 1 aromatic heterocycles. The van der Waals surface area contributed by atoms with Crippen molar-refractivity contribution in [2.75, 3.05) is 5.73 Å². The fourth-order valence-electron chi connectivity index (χ4n) is 1.10. The van der Waals surface area contributed by atoms with Gasteiger partial charge in [0.25, 0.3) is 6.43 Å². The second kappa shape index (κ2) is 4.69. The van der Waals surface area contributed by atoms with Crippen LogP contribution in [0.15, 0.2) is 6.07 Å². The van der Waals surface area contributed by atoms with Gasteiger partial charge >= 0.3 is 5.97 Å². The number of nitrogen functional groups attached to an aromatic ring is 1. The molecule has 0 aromatic carbocycles. The highest BCUT2D eigenvalue weighted by Gasteiger charge is 2.19. The molecule has 1 heterocycles. The maximum Gasteiger partial charge on any atom is 0.307 e. The van der Waals surface area contributed by atoms with Crippen LogP contribution >= 0.6 is 22.6 Å². The Morgan fingerprint density at radius 3 is 2.73 bits per heavy atom. The first kappa shape index (κ1) is 12.1. The Morgan fingerprint density at radius 1 is 1.67 bits per heavy atom. The molecule has 82 valence electrons. The molecule has 0 aliphatic rings. The third-order valence-corrected chi connectivity index (χ3v) is 2.58. The van der Waals surface area contributed by atoms with Crippen molar-refractivity contribution in [3.8, 4) is 0 Å². The molecule has 3 N–H and O–H groups in total. The maximum absolute atomic E-state index is 12.6. The molecule has 0 saturated heterocycles. The first-order valence-electron chi connectivity index (χ1n) is 3.86. The zero-order valence-corrected chi connectivity index (χ0v) is 9.53. The third-order valence-electron chi connectivity index (χ3n) is 1.69. The number of alkyl halides is 2. The Kier molecular flexibility index (Phi) is 3.77. The van der Waals surface area contributed by atoms with Gasteiger partial charge in [-0.3, -0.25) is 4.79 Å². The lowest BCUT2D eigenvalue weighted by molar-refractivity contribution is -0.136. The zero-order valence-electron chi connectivity index (χ0n) is 7.38. The van der Waals surface area contributed by atoms with Crippen molar-refractivity contribution in [3.63, 3.8) is 0 Å². The highest BCUT2D eigenvalue weighted by Crippen LogP contribution is 2.27. The van der Waals surface area contributed by atoms with Gasteiger partial charge in [-0.25, -0.2) is 13.8 Å². The van der Waals surface area contributed by atoms with Gasteiger partial charge < -0.3 is 10.8 Å². The minimum Gasteiger partial charge on any atom is -0.481 e. The molecule has 0 radical (unpaired) electrons. The van der Waals surface area contributed by atoms with Gasteiger partial charge in [0.15, 0.2) is 0 Å². The molecule has 4 nitrogen and oxygen atoms in total. The van der Waals surface area contributed by atoms with Crippen molar-refractivity contribution in [2.45, 2.75) is 12.8 Å². The van der Waals surface area contributed by atoms with Crippen molar-refractivity contribution in [1.82, 2.24) is 4.98 Å². The number of rotatable bonds is 3. The molecule has 0 atom stereocenters. The number of aliphatic carboxylic acids is 1. The molecule has 7 heteroatoms. The number of nitrogens with two attached hydrogens (primary N) is 1. The van der Waals surface area contributed by atoms with Gasteiger partial charge in [0.05, 0.1) is 6.42 Å². The topological polar surface area (TPSA) is 76.2 Å². The van der Waals surface area contributed by atoms with E-state index < -0.39 is 18.8 Å². The van der Waals surface area contributed by atoms with Crippen molar-refractivity contribution < 1.29 is 18.7 Å². The molecule has 0 aliphatic carbocycles. The van der Waals surface area contributed by atoms with Crippen LogP contribution in [-0.2, 0) is 11.2 Å². The number of hydrogen-bond acceptors (Lipinski definition) is 3. The summed E-state index contributed by atoms with van der Waals surface area (Å²) in [5.41, 5.74) is 4.95. The van der Waals surface area contributed by atoms with Gasteiger partial charge in [0.2, 0.25) is 0 Å². The predicted octanol–water partition coefficient (Wildman–Crippen LogP) is 1.83. The molecule has 0 saturated carbocycles. The summed E-state index contributed by atoms with van der Waals surface area (Å²) in [5.74, 6) is -1.22.